The summed E-state index contributed by atoms with van der Waals surface area (Å²) in [4.78, 5) is 28.3. The van der Waals surface area contributed by atoms with Gasteiger partial charge < -0.3 is 15.5 Å². The molecule has 1 heterocycles. The van der Waals surface area contributed by atoms with Crippen LogP contribution in [0.4, 0.5) is 11.4 Å². The Bertz CT molecular complexity index is 1120. The van der Waals surface area contributed by atoms with Crippen LogP contribution in [-0.4, -0.2) is 31.4 Å². The lowest BCUT2D eigenvalue weighted by atomic mass is 9.97. The monoisotopic (exact) mass is 519 g/mol. The quantitative estimate of drug-likeness (QED) is 0.407. The van der Waals surface area contributed by atoms with Crippen LogP contribution in [0.25, 0.3) is 0 Å². The van der Waals surface area contributed by atoms with E-state index in [9.17, 15) is 9.59 Å². The van der Waals surface area contributed by atoms with E-state index in [0.717, 1.165) is 42.5 Å². The van der Waals surface area contributed by atoms with Crippen molar-refractivity contribution in [2.75, 3.05) is 29.9 Å². The highest BCUT2D eigenvalue weighted by atomic mass is 79.9. The number of hydrogen-bond acceptors (Lipinski definition) is 3. The van der Waals surface area contributed by atoms with E-state index in [-0.39, 0.29) is 11.8 Å². The van der Waals surface area contributed by atoms with Crippen LogP contribution < -0.4 is 15.5 Å². The van der Waals surface area contributed by atoms with Gasteiger partial charge in [-0.25, -0.2) is 0 Å². The molecule has 1 fully saturated rings. The average Bonchev–Trinajstić information content (AvgIpc) is 2.85. The average molecular weight is 520 g/mol. The molecule has 0 bridgehead atoms. The van der Waals surface area contributed by atoms with Crippen molar-refractivity contribution in [3.63, 3.8) is 0 Å². The number of carbonyl (C=O) groups excluding carboxylic acids is 2. The maximum Gasteiger partial charge on any atom is 0.255 e. The fourth-order valence-electron chi connectivity index (χ4n) is 4.19. The molecule has 0 radical (unpaired) electrons. The molecular formula is C28H30BrN3O2. The number of nitrogens with one attached hydrogen (secondary N) is 2. The van der Waals surface area contributed by atoms with Crippen molar-refractivity contribution in [3.8, 4) is 0 Å². The third-order valence-corrected chi connectivity index (χ3v) is 6.80. The van der Waals surface area contributed by atoms with Gasteiger partial charge in [0, 0.05) is 41.0 Å². The van der Waals surface area contributed by atoms with E-state index in [2.05, 4.69) is 50.5 Å². The first-order valence-electron chi connectivity index (χ1n) is 11.8. The first kappa shape index (κ1) is 24.0. The van der Waals surface area contributed by atoms with Gasteiger partial charge in [-0.15, -0.1) is 0 Å². The maximum atomic E-state index is 13.3. The molecule has 0 aliphatic carbocycles. The minimum atomic E-state index is -0.206. The normalized spacial score (nSPS) is 14.0. The number of benzene rings is 3. The van der Waals surface area contributed by atoms with Gasteiger partial charge in [-0.1, -0.05) is 53.2 Å². The molecule has 34 heavy (non-hydrogen) atoms. The summed E-state index contributed by atoms with van der Waals surface area (Å²) in [5.74, 6) is 0.371. The van der Waals surface area contributed by atoms with Crippen LogP contribution in [0.1, 0.15) is 46.0 Å². The molecule has 1 saturated heterocycles. The van der Waals surface area contributed by atoms with Crippen LogP contribution in [0.15, 0.2) is 77.3 Å². The summed E-state index contributed by atoms with van der Waals surface area (Å²) in [6.07, 6.45) is 2.98. The first-order valence-corrected chi connectivity index (χ1v) is 12.6. The smallest absolute Gasteiger partial charge is 0.255 e. The number of hydrogen-bond donors (Lipinski definition) is 2. The van der Waals surface area contributed by atoms with Crippen molar-refractivity contribution in [2.45, 2.75) is 26.2 Å². The summed E-state index contributed by atoms with van der Waals surface area (Å²) in [6.45, 7) is 4.68. The van der Waals surface area contributed by atoms with E-state index in [0.29, 0.717) is 29.3 Å². The number of halogens is 1. The van der Waals surface area contributed by atoms with Gasteiger partial charge in [-0.05, 0) is 73.2 Å². The van der Waals surface area contributed by atoms with E-state index in [4.69, 9.17) is 0 Å². The third-order valence-electron chi connectivity index (χ3n) is 6.27. The van der Waals surface area contributed by atoms with Crippen molar-refractivity contribution in [1.29, 1.82) is 0 Å². The highest BCUT2D eigenvalue weighted by molar-refractivity contribution is 9.10. The molecule has 0 unspecified atom stereocenters. The third kappa shape index (κ3) is 6.26. The lowest BCUT2D eigenvalue weighted by molar-refractivity contribution is 0.0953. The maximum absolute atomic E-state index is 13.3. The highest BCUT2D eigenvalue weighted by Gasteiger charge is 2.22. The van der Waals surface area contributed by atoms with Gasteiger partial charge in [0.05, 0.1) is 5.56 Å². The van der Waals surface area contributed by atoms with E-state index in [1.54, 1.807) is 18.2 Å². The van der Waals surface area contributed by atoms with Crippen molar-refractivity contribution in [2.24, 2.45) is 5.92 Å². The van der Waals surface area contributed by atoms with E-state index < -0.39 is 0 Å². The Hall–Kier alpha value is -3.12. The summed E-state index contributed by atoms with van der Waals surface area (Å²) >= 11 is 3.39. The molecule has 5 nitrogen and oxygen atoms in total. The Morgan fingerprint density at radius 3 is 2.35 bits per heavy atom. The van der Waals surface area contributed by atoms with Crippen molar-refractivity contribution >= 4 is 39.1 Å². The minimum Gasteiger partial charge on any atom is -0.371 e. The second-order valence-electron chi connectivity index (χ2n) is 8.85. The summed E-state index contributed by atoms with van der Waals surface area (Å²) in [7, 11) is 0. The van der Waals surface area contributed by atoms with Crippen LogP contribution in [0.5, 0.6) is 0 Å². The van der Waals surface area contributed by atoms with E-state index in [1.807, 2.05) is 42.5 Å². The molecule has 4 rings (SSSR count). The van der Waals surface area contributed by atoms with Gasteiger partial charge in [-0.3, -0.25) is 9.59 Å². The highest BCUT2D eigenvalue weighted by Crippen LogP contribution is 2.29. The Morgan fingerprint density at radius 1 is 0.941 bits per heavy atom. The number of anilines is 2. The van der Waals surface area contributed by atoms with E-state index >= 15 is 0 Å². The Morgan fingerprint density at radius 2 is 1.65 bits per heavy atom. The zero-order valence-electron chi connectivity index (χ0n) is 19.4. The number of piperidine rings is 1. The molecule has 0 aromatic heterocycles. The van der Waals surface area contributed by atoms with Crippen LogP contribution in [-0.2, 0) is 6.42 Å². The van der Waals surface area contributed by atoms with Gasteiger partial charge in [0.15, 0.2) is 0 Å². The van der Waals surface area contributed by atoms with Crippen LogP contribution >= 0.6 is 15.9 Å². The zero-order chi connectivity index (χ0) is 23.9. The summed E-state index contributed by atoms with van der Waals surface area (Å²) in [5, 5.41) is 6.01. The van der Waals surface area contributed by atoms with Gasteiger partial charge in [0.2, 0.25) is 0 Å². The van der Waals surface area contributed by atoms with Gasteiger partial charge in [0.1, 0.15) is 0 Å². The van der Waals surface area contributed by atoms with Crippen molar-refractivity contribution < 1.29 is 9.59 Å². The molecular weight excluding hydrogens is 490 g/mol. The molecule has 1 aliphatic rings. The molecule has 3 aromatic carbocycles. The summed E-state index contributed by atoms with van der Waals surface area (Å²) in [5.41, 5.74) is 3.87. The predicted octanol–water partition coefficient (Wildman–Crippen LogP) is 5.91. The number of rotatable bonds is 7. The number of nitrogens with zero attached hydrogens (tertiary/aromatic N) is 1. The molecule has 0 atom stereocenters. The minimum absolute atomic E-state index is 0.121. The largest absolute Gasteiger partial charge is 0.371 e. The SMILES string of the molecule is CC1CCN(c2ccc(NC(=O)c3ccc(Br)cc3)cc2C(=O)NCCc2ccccc2)CC1. The van der Waals surface area contributed by atoms with Gasteiger partial charge >= 0.3 is 0 Å². The number of carbonyl (C=O) groups is 2. The molecule has 6 heteroatoms. The Kier molecular flexibility index (Phi) is 8.01. The number of amides is 2. The summed E-state index contributed by atoms with van der Waals surface area (Å²) < 4.78 is 0.915. The predicted molar refractivity (Wildman–Crippen MR) is 142 cm³/mol. The molecule has 2 N–H and O–H groups in total. The van der Waals surface area contributed by atoms with Gasteiger partial charge in [-0.2, -0.15) is 0 Å². The standard InChI is InChI=1S/C28H30BrN3O2/c1-20-14-17-32(18-15-20)26-12-11-24(31-27(33)22-7-9-23(29)10-8-22)19-25(26)28(34)30-16-13-21-5-3-2-4-6-21/h2-12,19-20H,13-18H2,1H3,(H,30,34)(H,31,33). The Balaban J connectivity index is 1.52. The second-order valence-corrected chi connectivity index (χ2v) is 9.77. The zero-order valence-corrected chi connectivity index (χ0v) is 21.0. The topological polar surface area (TPSA) is 61.4 Å². The van der Waals surface area contributed by atoms with Crippen molar-refractivity contribution in [3.05, 3.63) is 94.0 Å². The lowest BCUT2D eigenvalue weighted by Crippen LogP contribution is -2.35. The fourth-order valence-corrected chi connectivity index (χ4v) is 4.45. The van der Waals surface area contributed by atoms with Crippen LogP contribution in [0, 0.1) is 5.92 Å². The Labute approximate surface area is 209 Å². The van der Waals surface area contributed by atoms with E-state index in [1.165, 1.54) is 5.56 Å². The molecule has 2 amide bonds. The van der Waals surface area contributed by atoms with Gasteiger partial charge in [0.25, 0.3) is 11.8 Å². The van der Waals surface area contributed by atoms with Crippen molar-refractivity contribution in [1.82, 2.24) is 5.32 Å². The first-order chi connectivity index (χ1) is 16.5. The molecule has 0 spiro atoms. The van der Waals surface area contributed by atoms with Crippen LogP contribution in [0.2, 0.25) is 0 Å². The fraction of sp³-hybridized carbons (Fsp3) is 0.286. The second kappa shape index (κ2) is 11.3. The van der Waals surface area contributed by atoms with Crippen LogP contribution in [0.3, 0.4) is 0 Å². The molecule has 3 aromatic rings. The lowest BCUT2D eigenvalue weighted by Gasteiger charge is -2.33. The molecule has 0 saturated carbocycles. The molecule has 176 valence electrons. The molecule has 1 aliphatic heterocycles. The summed E-state index contributed by atoms with van der Waals surface area (Å²) in [6, 6.07) is 22.9.